The van der Waals surface area contributed by atoms with Crippen LogP contribution in [0.15, 0.2) is 70.2 Å². The summed E-state index contributed by atoms with van der Waals surface area (Å²) < 4.78 is 1.75. The predicted octanol–water partition coefficient (Wildman–Crippen LogP) is 4.87. The van der Waals surface area contributed by atoms with Gasteiger partial charge in [-0.25, -0.2) is 9.97 Å². The zero-order valence-corrected chi connectivity index (χ0v) is 19.7. The van der Waals surface area contributed by atoms with Crippen LogP contribution in [-0.4, -0.2) is 30.6 Å². The van der Waals surface area contributed by atoms with E-state index >= 15 is 0 Å². The number of hydrogen-bond acceptors (Lipinski definition) is 7. The number of carbonyl (C=O) groups is 1. The second-order valence-electron chi connectivity index (χ2n) is 7.60. The summed E-state index contributed by atoms with van der Waals surface area (Å²) in [4.78, 5) is 22.2. The van der Waals surface area contributed by atoms with Gasteiger partial charge in [-0.2, -0.15) is 0 Å². The molecule has 0 fully saturated rings. The van der Waals surface area contributed by atoms with Gasteiger partial charge < -0.3 is 5.73 Å². The number of nitrogens with zero attached hydrogens (tertiary/aromatic N) is 5. The second-order valence-corrected chi connectivity index (χ2v) is 9.42. The maximum Gasteiger partial charge on any atom is 0.237 e. The molecule has 5 aromatic rings. The van der Waals surface area contributed by atoms with Crippen LogP contribution in [0.5, 0.6) is 0 Å². The number of carbonyl (C=O) groups excluding carboxylic acids is 1. The first-order valence-corrected chi connectivity index (χ1v) is 12.0. The van der Waals surface area contributed by atoms with E-state index in [0.29, 0.717) is 16.8 Å². The number of benzene rings is 2. The van der Waals surface area contributed by atoms with E-state index in [9.17, 15) is 4.79 Å². The lowest BCUT2D eigenvalue weighted by atomic mass is 10.1. The first-order valence-electron chi connectivity index (χ1n) is 10.3. The lowest BCUT2D eigenvalue weighted by Gasteiger charge is -2.10. The quantitative estimate of drug-likeness (QED) is 0.354. The van der Waals surface area contributed by atoms with Crippen molar-refractivity contribution in [3.05, 3.63) is 71.4 Å². The number of aromatic nitrogens is 5. The van der Waals surface area contributed by atoms with E-state index in [2.05, 4.69) is 32.7 Å². The van der Waals surface area contributed by atoms with Crippen LogP contribution in [0, 0.1) is 13.8 Å². The Balaban J connectivity index is 1.64. The summed E-state index contributed by atoms with van der Waals surface area (Å²) in [6, 6.07) is 18.1. The lowest BCUT2D eigenvalue weighted by Crippen LogP contribution is -2.20. The van der Waals surface area contributed by atoms with E-state index in [1.54, 1.807) is 15.9 Å². The molecule has 0 spiro atoms. The third-order valence-electron chi connectivity index (χ3n) is 5.09. The maximum absolute atomic E-state index is 11.9. The summed E-state index contributed by atoms with van der Waals surface area (Å²) in [7, 11) is 0. The molecule has 33 heavy (non-hydrogen) atoms. The summed E-state index contributed by atoms with van der Waals surface area (Å²) in [5.74, 6) is 0.803. The number of aryl methyl sites for hydroxylation is 2. The van der Waals surface area contributed by atoms with Crippen molar-refractivity contribution in [1.82, 2.24) is 24.7 Å². The maximum atomic E-state index is 11.9. The van der Waals surface area contributed by atoms with Crippen molar-refractivity contribution < 1.29 is 4.79 Å². The van der Waals surface area contributed by atoms with Crippen molar-refractivity contribution in [3.8, 4) is 22.5 Å². The van der Waals surface area contributed by atoms with Gasteiger partial charge in [0.2, 0.25) is 5.91 Å². The predicted molar refractivity (Wildman–Crippen MR) is 131 cm³/mol. The van der Waals surface area contributed by atoms with Gasteiger partial charge in [0.1, 0.15) is 22.2 Å². The smallest absolute Gasteiger partial charge is 0.237 e. The zero-order valence-electron chi connectivity index (χ0n) is 18.0. The SMILES string of the molecule is Cc1cccc(-c2nnc(Sc3nc(C)nc4scc(-c5ccccc5)c34)n2CC(N)=O)c1. The van der Waals surface area contributed by atoms with E-state index in [-0.39, 0.29) is 6.54 Å². The zero-order chi connectivity index (χ0) is 22.9. The molecule has 0 atom stereocenters. The van der Waals surface area contributed by atoms with E-state index in [4.69, 9.17) is 10.7 Å². The monoisotopic (exact) mass is 472 g/mol. The minimum atomic E-state index is -0.463. The molecule has 0 aliphatic carbocycles. The van der Waals surface area contributed by atoms with E-state index in [1.165, 1.54) is 11.8 Å². The van der Waals surface area contributed by atoms with Gasteiger partial charge >= 0.3 is 0 Å². The number of fused-ring (bicyclic) bond motifs is 1. The molecule has 7 nitrogen and oxygen atoms in total. The highest BCUT2D eigenvalue weighted by atomic mass is 32.2. The van der Waals surface area contributed by atoms with Crippen molar-refractivity contribution >= 4 is 39.2 Å². The largest absolute Gasteiger partial charge is 0.368 e. The Bertz CT molecular complexity index is 1480. The van der Waals surface area contributed by atoms with E-state index in [1.807, 2.05) is 56.3 Å². The summed E-state index contributed by atoms with van der Waals surface area (Å²) in [5, 5.41) is 13.2. The van der Waals surface area contributed by atoms with Gasteiger partial charge in [0.05, 0.1) is 5.39 Å². The first kappa shape index (κ1) is 21.3. The fourth-order valence-corrected chi connectivity index (χ4v) is 5.72. The highest BCUT2D eigenvalue weighted by Gasteiger charge is 2.21. The van der Waals surface area contributed by atoms with Gasteiger partial charge in [0.25, 0.3) is 0 Å². The van der Waals surface area contributed by atoms with E-state index < -0.39 is 5.91 Å². The minimum Gasteiger partial charge on any atom is -0.368 e. The molecule has 0 aliphatic rings. The third-order valence-corrected chi connectivity index (χ3v) is 6.94. The number of thiophene rings is 1. The Hall–Kier alpha value is -3.56. The molecular formula is C24H20N6OS2. The molecule has 0 bridgehead atoms. The molecule has 0 unspecified atom stereocenters. The Morgan fingerprint density at radius 1 is 1.03 bits per heavy atom. The highest BCUT2D eigenvalue weighted by molar-refractivity contribution is 7.99. The fourth-order valence-electron chi connectivity index (χ4n) is 3.66. The van der Waals surface area contributed by atoms with Gasteiger partial charge in [0.15, 0.2) is 11.0 Å². The van der Waals surface area contributed by atoms with Crippen LogP contribution in [0.3, 0.4) is 0 Å². The lowest BCUT2D eigenvalue weighted by molar-refractivity contribution is -0.118. The minimum absolute atomic E-state index is 0.0268. The average Bonchev–Trinajstić information content (AvgIpc) is 3.38. The number of primary amides is 1. The van der Waals surface area contributed by atoms with Crippen LogP contribution in [-0.2, 0) is 11.3 Å². The van der Waals surface area contributed by atoms with E-state index in [0.717, 1.165) is 37.5 Å². The van der Waals surface area contributed by atoms with Crippen molar-refractivity contribution in [2.45, 2.75) is 30.6 Å². The van der Waals surface area contributed by atoms with Crippen LogP contribution in [0.25, 0.3) is 32.7 Å². The Labute approximate surface area is 198 Å². The van der Waals surface area contributed by atoms with Gasteiger partial charge in [-0.3, -0.25) is 9.36 Å². The molecule has 0 aliphatic heterocycles. The molecule has 5 rings (SSSR count). The summed E-state index contributed by atoms with van der Waals surface area (Å²) in [6.07, 6.45) is 0. The molecule has 9 heteroatoms. The van der Waals surface area contributed by atoms with Gasteiger partial charge in [-0.1, -0.05) is 54.1 Å². The number of hydrogen-bond donors (Lipinski definition) is 1. The highest BCUT2D eigenvalue weighted by Crippen LogP contribution is 2.40. The third kappa shape index (κ3) is 4.24. The summed E-state index contributed by atoms with van der Waals surface area (Å²) in [5.41, 5.74) is 9.70. The van der Waals surface area contributed by atoms with Gasteiger partial charge in [-0.15, -0.1) is 21.5 Å². The molecule has 0 saturated heterocycles. The molecule has 2 aromatic carbocycles. The van der Waals surface area contributed by atoms with Crippen LogP contribution >= 0.6 is 23.1 Å². The molecule has 3 aromatic heterocycles. The standard InChI is InChI=1S/C24H20N6OS2/c1-14-7-6-10-17(11-14)21-28-29-24(30(21)12-19(25)31)33-23-20-18(16-8-4-3-5-9-16)13-32-22(20)26-15(2)27-23/h3-11,13H,12H2,1-2H3,(H2,25,31). The Kier molecular flexibility index (Phi) is 5.65. The molecule has 164 valence electrons. The fraction of sp³-hybridized carbons (Fsp3) is 0.125. The molecule has 0 radical (unpaired) electrons. The summed E-state index contributed by atoms with van der Waals surface area (Å²) >= 11 is 2.95. The molecule has 3 heterocycles. The van der Waals surface area contributed by atoms with Crippen molar-refractivity contribution in [3.63, 3.8) is 0 Å². The number of amides is 1. The number of nitrogens with two attached hydrogens (primary N) is 1. The number of rotatable bonds is 6. The molecule has 2 N–H and O–H groups in total. The summed E-state index contributed by atoms with van der Waals surface area (Å²) in [6.45, 7) is 3.86. The van der Waals surface area contributed by atoms with Crippen molar-refractivity contribution in [2.24, 2.45) is 5.73 Å². The Morgan fingerprint density at radius 3 is 2.58 bits per heavy atom. The van der Waals surface area contributed by atoms with Crippen LogP contribution < -0.4 is 5.73 Å². The van der Waals surface area contributed by atoms with Crippen molar-refractivity contribution in [1.29, 1.82) is 0 Å². The van der Waals surface area contributed by atoms with Crippen LogP contribution in [0.1, 0.15) is 11.4 Å². The van der Waals surface area contributed by atoms with Crippen LogP contribution in [0.2, 0.25) is 0 Å². The first-order chi connectivity index (χ1) is 16.0. The molecule has 1 amide bonds. The van der Waals surface area contributed by atoms with Gasteiger partial charge in [0, 0.05) is 16.5 Å². The Morgan fingerprint density at radius 2 is 1.82 bits per heavy atom. The second kappa shape index (κ2) is 8.76. The normalized spacial score (nSPS) is 11.2. The van der Waals surface area contributed by atoms with Crippen molar-refractivity contribution in [2.75, 3.05) is 0 Å². The molecular weight excluding hydrogens is 452 g/mol. The van der Waals surface area contributed by atoms with Crippen LogP contribution in [0.4, 0.5) is 0 Å². The topological polar surface area (TPSA) is 99.6 Å². The molecule has 0 saturated carbocycles. The average molecular weight is 473 g/mol. The van der Waals surface area contributed by atoms with Gasteiger partial charge in [-0.05, 0) is 37.2 Å².